The van der Waals surface area contributed by atoms with E-state index < -0.39 is 10.0 Å². The van der Waals surface area contributed by atoms with Gasteiger partial charge in [-0.3, -0.25) is 4.72 Å². The molecule has 0 aromatic heterocycles. The molecule has 5 nitrogen and oxygen atoms in total. The minimum Gasteiger partial charge on any atom is -0.493 e. The molecule has 0 atom stereocenters. The van der Waals surface area contributed by atoms with Gasteiger partial charge in [-0.2, -0.15) is 0 Å². The maximum Gasteiger partial charge on any atom is 0.233 e. The molecule has 0 fully saturated rings. The van der Waals surface area contributed by atoms with Crippen molar-refractivity contribution in [1.29, 1.82) is 0 Å². The molecule has 6 heteroatoms. The Balaban J connectivity index is 2.02. The molecule has 0 amide bonds. The smallest absolute Gasteiger partial charge is 0.233 e. The summed E-state index contributed by atoms with van der Waals surface area (Å²) >= 11 is 0. The Labute approximate surface area is 137 Å². The third kappa shape index (κ3) is 4.89. The number of hydrogen-bond donors (Lipinski definition) is 1. The van der Waals surface area contributed by atoms with Gasteiger partial charge in [0.2, 0.25) is 10.0 Å². The molecule has 0 aliphatic heterocycles. The lowest BCUT2D eigenvalue weighted by Gasteiger charge is -2.11. The summed E-state index contributed by atoms with van der Waals surface area (Å²) in [4.78, 5) is 0. The van der Waals surface area contributed by atoms with Crippen molar-refractivity contribution >= 4 is 15.7 Å². The fourth-order valence-corrected chi connectivity index (χ4v) is 3.24. The van der Waals surface area contributed by atoms with Crippen molar-refractivity contribution in [3.05, 3.63) is 53.6 Å². The van der Waals surface area contributed by atoms with Crippen molar-refractivity contribution in [3.8, 4) is 11.5 Å². The van der Waals surface area contributed by atoms with E-state index in [1.165, 1.54) is 0 Å². The molecule has 1 N–H and O–H groups in total. The van der Waals surface area contributed by atoms with Crippen molar-refractivity contribution in [2.75, 3.05) is 24.7 Å². The molecule has 0 radical (unpaired) electrons. The summed E-state index contributed by atoms with van der Waals surface area (Å²) < 4.78 is 37.3. The number of ether oxygens (including phenoxy) is 2. The van der Waals surface area contributed by atoms with Gasteiger partial charge in [0, 0.05) is 5.69 Å². The van der Waals surface area contributed by atoms with Crippen LogP contribution in [0.4, 0.5) is 5.69 Å². The van der Waals surface area contributed by atoms with Gasteiger partial charge in [-0.15, -0.1) is 0 Å². The van der Waals surface area contributed by atoms with Crippen molar-refractivity contribution in [3.63, 3.8) is 0 Å². The van der Waals surface area contributed by atoms with Gasteiger partial charge in [0.1, 0.15) is 0 Å². The third-order valence-corrected chi connectivity index (χ3v) is 4.72. The molecule has 2 aromatic carbocycles. The monoisotopic (exact) mass is 335 g/mol. The van der Waals surface area contributed by atoms with E-state index in [9.17, 15) is 8.42 Å². The van der Waals surface area contributed by atoms with Crippen LogP contribution < -0.4 is 14.2 Å². The number of anilines is 1. The fourth-order valence-electron chi connectivity index (χ4n) is 2.14. The molecule has 0 saturated carbocycles. The van der Waals surface area contributed by atoms with Crippen molar-refractivity contribution in [2.24, 2.45) is 0 Å². The predicted molar refractivity (Wildman–Crippen MR) is 91.8 cm³/mol. The van der Waals surface area contributed by atoms with Crippen LogP contribution in [0.1, 0.15) is 11.1 Å². The van der Waals surface area contributed by atoms with Crippen LogP contribution >= 0.6 is 0 Å². The summed E-state index contributed by atoms with van der Waals surface area (Å²) in [6, 6.07) is 12.6. The molecule has 124 valence electrons. The fraction of sp³-hybridized carbons (Fsp3) is 0.294. The summed E-state index contributed by atoms with van der Waals surface area (Å²) in [7, 11) is -0.287. The Morgan fingerprint density at radius 3 is 2.22 bits per heavy atom. The first kappa shape index (κ1) is 17.1. The molecular weight excluding hydrogens is 314 g/mol. The molecule has 0 bridgehead atoms. The van der Waals surface area contributed by atoms with Crippen LogP contribution in [-0.2, 0) is 16.4 Å². The van der Waals surface area contributed by atoms with Gasteiger partial charge in [0.15, 0.2) is 11.5 Å². The quantitative estimate of drug-likeness (QED) is 0.845. The topological polar surface area (TPSA) is 64.6 Å². The van der Waals surface area contributed by atoms with E-state index in [1.54, 1.807) is 38.5 Å². The molecule has 0 aliphatic carbocycles. The van der Waals surface area contributed by atoms with Crippen LogP contribution in [0.3, 0.4) is 0 Å². The predicted octanol–water partition coefficient (Wildman–Crippen LogP) is 3.00. The molecule has 0 unspecified atom stereocenters. The van der Waals surface area contributed by atoms with Crippen molar-refractivity contribution in [1.82, 2.24) is 0 Å². The van der Waals surface area contributed by atoms with Gasteiger partial charge >= 0.3 is 0 Å². The zero-order chi connectivity index (χ0) is 16.9. The van der Waals surface area contributed by atoms with Crippen LogP contribution in [-0.4, -0.2) is 28.4 Å². The maximum absolute atomic E-state index is 12.2. The number of rotatable bonds is 7. The molecule has 0 heterocycles. The average Bonchev–Trinajstić information content (AvgIpc) is 2.54. The SMILES string of the molecule is COc1ccc(CCS(=O)(=O)Nc2ccc(C)cc2)cc1OC. The largest absolute Gasteiger partial charge is 0.493 e. The molecule has 0 saturated heterocycles. The van der Waals surface area contributed by atoms with Gasteiger partial charge in [0.25, 0.3) is 0 Å². The lowest BCUT2D eigenvalue weighted by molar-refractivity contribution is 0.354. The summed E-state index contributed by atoms with van der Waals surface area (Å²) in [6.45, 7) is 1.95. The highest BCUT2D eigenvalue weighted by Crippen LogP contribution is 2.27. The number of methoxy groups -OCH3 is 2. The molecule has 2 aromatic rings. The zero-order valence-corrected chi connectivity index (χ0v) is 14.3. The maximum atomic E-state index is 12.2. The van der Waals surface area contributed by atoms with E-state index in [2.05, 4.69) is 4.72 Å². The summed E-state index contributed by atoms with van der Waals surface area (Å²) in [6.07, 6.45) is 0.390. The number of benzene rings is 2. The van der Waals surface area contributed by atoms with Crippen LogP contribution in [0.2, 0.25) is 0 Å². The highest BCUT2D eigenvalue weighted by atomic mass is 32.2. The van der Waals surface area contributed by atoms with Crippen LogP contribution in [0.15, 0.2) is 42.5 Å². The number of hydrogen-bond acceptors (Lipinski definition) is 4. The van der Waals surface area contributed by atoms with Crippen LogP contribution in [0.5, 0.6) is 11.5 Å². The Bertz CT molecular complexity index is 755. The lowest BCUT2D eigenvalue weighted by Crippen LogP contribution is -2.18. The Hall–Kier alpha value is -2.21. The van der Waals surface area contributed by atoms with Crippen molar-refractivity contribution in [2.45, 2.75) is 13.3 Å². The van der Waals surface area contributed by atoms with Gasteiger partial charge < -0.3 is 9.47 Å². The highest BCUT2D eigenvalue weighted by Gasteiger charge is 2.12. The lowest BCUT2D eigenvalue weighted by atomic mass is 10.1. The second kappa shape index (κ2) is 7.37. The van der Waals surface area contributed by atoms with Gasteiger partial charge in [-0.1, -0.05) is 23.8 Å². The van der Waals surface area contributed by atoms with Crippen molar-refractivity contribution < 1.29 is 17.9 Å². The number of sulfonamides is 1. The first-order valence-corrected chi connectivity index (χ1v) is 8.87. The zero-order valence-electron chi connectivity index (χ0n) is 13.5. The first-order valence-electron chi connectivity index (χ1n) is 7.21. The molecule has 0 spiro atoms. The summed E-state index contributed by atoms with van der Waals surface area (Å²) in [5, 5.41) is 0. The number of aryl methyl sites for hydroxylation is 2. The van der Waals surface area contributed by atoms with Crippen LogP contribution in [0, 0.1) is 6.92 Å². The molecular formula is C17H21NO4S. The molecule has 2 rings (SSSR count). The first-order chi connectivity index (χ1) is 10.9. The minimum absolute atomic E-state index is 0.00361. The highest BCUT2D eigenvalue weighted by molar-refractivity contribution is 7.92. The molecule has 23 heavy (non-hydrogen) atoms. The van der Waals surface area contributed by atoms with E-state index in [4.69, 9.17) is 9.47 Å². The van der Waals surface area contributed by atoms with E-state index >= 15 is 0 Å². The van der Waals surface area contributed by atoms with E-state index in [1.807, 2.05) is 25.1 Å². The van der Waals surface area contributed by atoms with Crippen LogP contribution in [0.25, 0.3) is 0 Å². The standard InChI is InChI=1S/C17H21NO4S/c1-13-4-7-15(8-5-13)18-23(19,20)11-10-14-6-9-16(21-2)17(12-14)22-3/h4-9,12,18H,10-11H2,1-3H3. The van der Waals surface area contributed by atoms with Gasteiger partial charge in [0.05, 0.1) is 20.0 Å². The summed E-state index contributed by atoms with van der Waals surface area (Å²) in [5.41, 5.74) is 2.53. The minimum atomic E-state index is -3.40. The Morgan fingerprint density at radius 1 is 0.957 bits per heavy atom. The third-order valence-electron chi connectivity index (χ3n) is 3.43. The average molecular weight is 335 g/mol. The number of nitrogens with one attached hydrogen (secondary N) is 1. The second-order valence-electron chi connectivity index (χ2n) is 5.23. The normalized spacial score (nSPS) is 11.1. The summed E-state index contributed by atoms with van der Waals surface area (Å²) in [5.74, 6) is 1.21. The second-order valence-corrected chi connectivity index (χ2v) is 7.07. The Morgan fingerprint density at radius 2 is 1.61 bits per heavy atom. The van der Waals surface area contributed by atoms with E-state index in [-0.39, 0.29) is 5.75 Å². The van der Waals surface area contributed by atoms with E-state index in [0.717, 1.165) is 11.1 Å². The van der Waals surface area contributed by atoms with E-state index in [0.29, 0.717) is 23.6 Å². The van der Waals surface area contributed by atoms with Gasteiger partial charge in [-0.25, -0.2) is 8.42 Å². The van der Waals surface area contributed by atoms with Gasteiger partial charge in [-0.05, 0) is 43.2 Å². The molecule has 0 aliphatic rings. The Kier molecular flexibility index (Phi) is 5.50.